The maximum absolute atomic E-state index is 13.6. The number of aromatic nitrogens is 1. The second-order valence-electron chi connectivity index (χ2n) is 3.74. The van der Waals surface area contributed by atoms with Crippen LogP contribution in [0.3, 0.4) is 0 Å². The van der Waals surface area contributed by atoms with Crippen LogP contribution in [0.1, 0.15) is 0 Å². The van der Waals surface area contributed by atoms with E-state index < -0.39 is 28.3 Å². The first-order chi connectivity index (χ1) is 9.79. The van der Waals surface area contributed by atoms with E-state index in [1.165, 1.54) is 12.1 Å². The van der Waals surface area contributed by atoms with E-state index >= 15 is 0 Å². The van der Waals surface area contributed by atoms with Crippen molar-refractivity contribution in [3.8, 4) is 11.6 Å². The molecular weight excluding hydrogens is 420 g/mol. The molecule has 0 atom stereocenters. The molecule has 0 aliphatic heterocycles. The molecule has 6 nitrogen and oxygen atoms in total. The van der Waals surface area contributed by atoms with E-state index in [4.69, 9.17) is 10.5 Å². The molecule has 0 saturated carbocycles. The third-order valence-corrected chi connectivity index (χ3v) is 3.50. The number of nitrogens with two attached hydrogens (primary N) is 1. The molecule has 0 aliphatic rings. The van der Waals surface area contributed by atoms with E-state index in [0.717, 1.165) is 0 Å². The minimum atomic E-state index is -1.06. The van der Waals surface area contributed by atoms with E-state index in [0.29, 0.717) is 6.07 Å². The predicted molar refractivity (Wildman–Crippen MR) is 77.1 cm³/mol. The number of hydrogen-bond donors (Lipinski definition) is 1. The fourth-order valence-electron chi connectivity index (χ4n) is 1.38. The Hall–Kier alpha value is -1.81. The van der Waals surface area contributed by atoms with Crippen molar-refractivity contribution in [1.82, 2.24) is 4.98 Å². The highest BCUT2D eigenvalue weighted by molar-refractivity contribution is 9.11. The zero-order valence-corrected chi connectivity index (χ0v) is 13.1. The molecule has 1 aromatic heterocycles. The molecule has 2 rings (SSSR count). The van der Waals surface area contributed by atoms with Gasteiger partial charge < -0.3 is 10.5 Å². The molecule has 0 fully saturated rings. The number of nitrogens with zero attached hydrogens (tertiary/aromatic N) is 2. The highest BCUT2D eigenvalue weighted by Crippen LogP contribution is 2.40. The summed E-state index contributed by atoms with van der Waals surface area (Å²) in [5.74, 6) is -3.11. The van der Waals surface area contributed by atoms with Gasteiger partial charge in [0.25, 0.3) is 11.6 Å². The number of ether oxygens (including phenoxy) is 1. The van der Waals surface area contributed by atoms with Crippen LogP contribution >= 0.6 is 31.9 Å². The number of anilines is 1. The largest absolute Gasteiger partial charge is 0.434 e. The lowest BCUT2D eigenvalue weighted by atomic mass is 10.3. The van der Waals surface area contributed by atoms with Gasteiger partial charge in [-0.2, -0.15) is 4.98 Å². The fraction of sp³-hybridized carbons (Fsp3) is 0. The summed E-state index contributed by atoms with van der Waals surface area (Å²) in [6, 6.07) is 2.88. The molecule has 0 saturated heterocycles. The van der Waals surface area contributed by atoms with E-state index in [2.05, 4.69) is 36.8 Å². The van der Waals surface area contributed by atoms with Crippen LogP contribution in [0.4, 0.5) is 20.3 Å². The molecule has 110 valence electrons. The normalized spacial score (nSPS) is 10.5. The molecule has 0 bridgehead atoms. The van der Waals surface area contributed by atoms with Crippen LogP contribution in [0.15, 0.2) is 27.1 Å². The first kappa shape index (κ1) is 15.6. The van der Waals surface area contributed by atoms with Crippen LogP contribution in [-0.4, -0.2) is 9.91 Å². The number of nitrogen functional groups attached to an aromatic ring is 1. The Kier molecular flexibility index (Phi) is 4.37. The fourth-order valence-corrected chi connectivity index (χ4v) is 2.70. The third kappa shape index (κ3) is 3.27. The second-order valence-corrected chi connectivity index (χ2v) is 5.45. The average molecular weight is 425 g/mol. The Labute approximate surface area is 133 Å². The van der Waals surface area contributed by atoms with Crippen LogP contribution in [0, 0.1) is 21.7 Å². The van der Waals surface area contributed by atoms with Crippen molar-refractivity contribution in [1.29, 1.82) is 0 Å². The van der Waals surface area contributed by atoms with Gasteiger partial charge in [-0.25, -0.2) is 8.78 Å². The Morgan fingerprint density at radius 1 is 1.19 bits per heavy atom. The van der Waals surface area contributed by atoms with Crippen molar-refractivity contribution in [2.75, 3.05) is 5.73 Å². The number of benzene rings is 1. The molecular formula is C11H5Br2F2N3O3. The number of nitro benzene ring substituents is 1. The SMILES string of the molecule is Nc1nc(Oc2c(Br)cc([N+](=O)[O-])cc2Br)c(F)cc1F. The summed E-state index contributed by atoms with van der Waals surface area (Å²) in [5, 5.41) is 10.7. The summed E-state index contributed by atoms with van der Waals surface area (Å²) in [5.41, 5.74) is 5.04. The summed E-state index contributed by atoms with van der Waals surface area (Å²) in [4.78, 5) is 13.5. The molecule has 0 amide bonds. The Balaban J connectivity index is 2.45. The Bertz CT molecular complexity index is 720. The van der Waals surface area contributed by atoms with Gasteiger partial charge in [0.1, 0.15) is 0 Å². The van der Waals surface area contributed by atoms with E-state index in [1.807, 2.05) is 0 Å². The molecule has 1 heterocycles. The Morgan fingerprint density at radius 3 is 2.29 bits per heavy atom. The van der Waals surface area contributed by atoms with Gasteiger partial charge in [-0.15, -0.1) is 0 Å². The van der Waals surface area contributed by atoms with Gasteiger partial charge in [-0.1, -0.05) is 0 Å². The molecule has 2 aromatic rings. The molecule has 0 unspecified atom stereocenters. The standard InChI is InChI=1S/C11H5Br2F2N3O3/c12-5-1-4(18(19)20)2-6(13)9(5)21-11-8(15)3-7(14)10(16)17-11/h1-3H,(H2,16,17). The summed E-state index contributed by atoms with van der Waals surface area (Å²) < 4.78 is 32.2. The zero-order chi connectivity index (χ0) is 15.7. The molecule has 10 heteroatoms. The molecule has 21 heavy (non-hydrogen) atoms. The second kappa shape index (κ2) is 5.90. The summed E-state index contributed by atoms with van der Waals surface area (Å²) in [6.07, 6.45) is 0. The predicted octanol–water partition coefficient (Wildman–Crippen LogP) is 4.17. The van der Waals surface area contributed by atoms with Crippen LogP contribution in [0.5, 0.6) is 11.6 Å². The van der Waals surface area contributed by atoms with Gasteiger partial charge in [0.15, 0.2) is 23.2 Å². The van der Waals surface area contributed by atoms with Crippen molar-refractivity contribution in [2.45, 2.75) is 0 Å². The van der Waals surface area contributed by atoms with E-state index in [1.54, 1.807) is 0 Å². The lowest BCUT2D eigenvalue weighted by molar-refractivity contribution is -0.385. The monoisotopic (exact) mass is 423 g/mol. The maximum Gasteiger partial charge on any atom is 0.271 e. The van der Waals surface area contributed by atoms with E-state index in [9.17, 15) is 18.9 Å². The number of hydrogen-bond acceptors (Lipinski definition) is 5. The van der Waals surface area contributed by atoms with Gasteiger partial charge >= 0.3 is 0 Å². The van der Waals surface area contributed by atoms with Gasteiger partial charge in [0.2, 0.25) is 0 Å². The highest BCUT2D eigenvalue weighted by Gasteiger charge is 2.19. The maximum atomic E-state index is 13.6. The van der Waals surface area contributed by atoms with Crippen LogP contribution < -0.4 is 10.5 Å². The number of rotatable bonds is 3. The van der Waals surface area contributed by atoms with Crippen LogP contribution in [0.2, 0.25) is 0 Å². The molecule has 0 aliphatic carbocycles. The first-order valence-electron chi connectivity index (χ1n) is 5.22. The van der Waals surface area contributed by atoms with Crippen molar-refractivity contribution in [3.05, 3.63) is 48.9 Å². The van der Waals surface area contributed by atoms with Crippen LogP contribution in [-0.2, 0) is 0 Å². The zero-order valence-electron chi connectivity index (χ0n) is 9.94. The number of halogens is 4. The number of non-ortho nitro benzene ring substituents is 1. The molecule has 0 radical (unpaired) electrons. The number of pyridine rings is 1. The molecule has 0 spiro atoms. The highest BCUT2D eigenvalue weighted by atomic mass is 79.9. The third-order valence-electron chi connectivity index (χ3n) is 2.32. The lowest BCUT2D eigenvalue weighted by Gasteiger charge is -2.10. The minimum absolute atomic E-state index is 0.0398. The van der Waals surface area contributed by atoms with Crippen LogP contribution in [0.25, 0.3) is 0 Å². The lowest BCUT2D eigenvalue weighted by Crippen LogP contribution is -2.01. The molecule has 2 N–H and O–H groups in total. The Morgan fingerprint density at radius 2 is 1.76 bits per heavy atom. The summed E-state index contributed by atoms with van der Waals surface area (Å²) >= 11 is 6.13. The van der Waals surface area contributed by atoms with Gasteiger partial charge in [-0.05, 0) is 31.9 Å². The van der Waals surface area contributed by atoms with Crippen molar-refractivity contribution in [2.24, 2.45) is 0 Å². The minimum Gasteiger partial charge on any atom is -0.434 e. The topological polar surface area (TPSA) is 91.3 Å². The van der Waals surface area contributed by atoms with Crippen molar-refractivity contribution < 1.29 is 18.4 Å². The quantitative estimate of drug-likeness (QED) is 0.589. The number of nitro groups is 1. The average Bonchev–Trinajstić information content (AvgIpc) is 2.39. The summed E-state index contributed by atoms with van der Waals surface area (Å²) in [6.45, 7) is 0. The first-order valence-corrected chi connectivity index (χ1v) is 6.81. The summed E-state index contributed by atoms with van der Waals surface area (Å²) in [7, 11) is 0. The van der Waals surface area contributed by atoms with E-state index in [-0.39, 0.29) is 20.4 Å². The van der Waals surface area contributed by atoms with Crippen molar-refractivity contribution in [3.63, 3.8) is 0 Å². The molecule has 1 aromatic carbocycles. The van der Waals surface area contributed by atoms with Crippen molar-refractivity contribution >= 4 is 43.4 Å². The van der Waals surface area contributed by atoms with Gasteiger partial charge in [-0.3, -0.25) is 10.1 Å². The smallest absolute Gasteiger partial charge is 0.271 e. The van der Waals surface area contributed by atoms with Gasteiger partial charge in [0, 0.05) is 18.2 Å². The van der Waals surface area contributed by atoms with Gasteiger partial charge in [0.05, 0.1) is 13.9 Å².